The lowest BCUT2D eigenvalue weighted by molar-refractivity contribution is -0.385. The van der Waals surface area contributed by atoms with Gasteiger partial charge in [0.2, 0.25) is 0 Å². The van der Waals surface area contributed by atoms with Crippen molar-refractivity contribution in [1.82, 2.24) is 0 Å². The molecule has 4 nitrogen and oxygen atoms in total. The molecule has 0 saturated heterocycles. The average molecular weight is 284 g/mol. The fourth-order valence-electron chi connectivity index (χ4n) is 2.47. The van der Waals surface area contributed by atoms with Gasteiger partial charge in [0, 0.05) is 17.7 Å². The van der Waals surface area contributed by atoms with Gasteiger partial charge in [0.05, 0.1) is 4.92 Å². The molecule has 0 fully saturated rings. The third kappa shape index (κ3) is 3.28. The zero-order valence-electron chi connectivity index (χ0n) is 12.6. The first kappa shape index (κ1) is 15.2. The largest absolute Gasteiger partial charge is 0.324 e. The van der Waals surface area contributed by atoms with Gasteiger partial charge < -0.3 is 5.73 Å². The summed E-state index contributed by atoms with van der Waals surface area (Å²) in [7, 11) is 0. The van der Waals surface area contributed by atoms with Crippen LogP contribution in [0, 0.1) is 30.9 Å². The van der Waals surface area contributed by atoms with Gasteiger partial charge in [-0.25, -0.2) is 0 Å². The Morgan fingerprint density at radius 3 is 2.43 bits per heavy atom. The standard InChI is InChI=1S/C17H20N2O2/c1-11-6-4-5-7-14(11)9-16(18)15-8-12(2)13(3)17(10-15)19(20)21/h4-8,10,16H,9,18H2,1-3H3. The minimum atomic E-state index is -0.341. The van der Waals surface area contributed by atoms with E-state index in [1.165, 1.54) is 11.1 Å². The first-order valence-corrected chi connectivity index (χ1v) is 6.95. The number of nitro benzene ring substituents is 1. The van der Waals surface area contributed by atoms with Crippen LogP contribution in [0.3, 0.4) is 0 Å². The van der Waals surface area contributed by atoms with Crippen LogP contribution in [0.25, 0.3) is 0 Å². The molecule has 0 aliphatic heterocycles. The van der Waals surface area contributed by atoms with Crippen molar-refractivity contribution in [2.24, 2.45) is 5.73 Å². The van der Waals surface area contributed by atoms with E-state index in [-0.39, 0.29) is 16.7 Å². The smallest absolute Gasteiger partial charge is 0.272 e. The van der Waals surface area contributed by atoms with E-state index < -0.39 is 0 Å². The van der Waals surface area contributed by atoms with Gasteiger partial charge in [-0.1, -0.05) is 30.3 Å². The van der Waals surface area contributed by atoms with E-state index in [9.17, 15) is 10.1 Å². The molecule has 21 heavy (non-hydrogen) atoms. The second-order valence-corrected chi connectivity index (χ2v) is 5.48. The topological polar surface area (TPSA) is 69.2 Å². The second kappa shape index (κ2) is 6.06. The molecule has 1 atom stereocenters. The molecule has 0 aromatic heterocycles. The summed E-state index contributed by atoms with van der Waals surface area (Å²) in [6.45, 7) is 5.70. The first-order chi connectivity index (χ1) is 9.90. The Balaban J connectivity index is 2.34. The lowest BCUT2D eigenvalue weighted by Gasteiger charge is -2.15. The molecule has 0 aliphatic carbocycles. The Bertz CT molecular complexity index is 680. The van der Waals surface area contributed by atoms with E-state index >= 15 is 0 Å². The highest BCUT2D eigenvalue weighted by molar-refractivity contribution is 5.48. The van der Waals surface area contributed by atoms with Gasteiger partial charge in [-0.15, -0.1) is 0 Å². The Labute approximate surface area is 124 Å². The molecular weight excluding hydrogens is 264 g/mol. The zero-order chi connectivity index (χ0) is 15.6. The summed E-state index contributed by atoms with van der Waals surface area (Å²) in [6.07, 6.45) is 0.673. The maximum absolute atomic E-state index is 11.1. The summed E-state index contributed by atoms with van der Waals surface area (Å²) >= 11 is 0. The average Bonchev–Trinajstić information content (AvgIpc) is 2.43. The van der Waals surface area contributed by atoms with Crippen LogP contribution < -0.4 is 5.73 Å². The van der Waals surface area contributed by atoms with Gasteiger partial charge in [0.1, 0.15) is 0 Å². The van der Waals surface area contributed by atoms with Crippen molar-refractivity contribution in [2.45, 2.75) is 33.2 Å². The van der Waals surface area contributed by atoms with Crippen LogP contribution in [0.1, 0.15) is 33.9 Å². The molecular formula is C17H20N2O2. The van der Waals surface area contributed by atoms with Gasteiger partial charge in [-0.3, -0.25) is 10.1 Å². The van der Waals surface area contributed by atoms with Gasteiger partial charge in [-0.2, -0.15) is 0 Å². The highest BCUT2D eigenvalue weighted by Gasteiger charge is 2.17. The van der Waals surface area contributed by atoms with Crippen LogP contribution >= 0.6 is 0 Å². The van der Waals surface area contributed by atoms with E-state index in [0.717, 1.165) is 11.1 Å². The Hall–Kier alpha value is -2.20. The third-order valence-electron chi connectivity index (χ3n) is 3.99. The quantitative estimate of drug-likeness (QED) is 0.686. The van der Waals surface area contributed by atoms with E-state index in [4.69, 9.17) is 5.73 Å². The highest BCUT2D eigenvalue weighted by atomic mass is 16.6. The molecule has 1 unspecified atom stereocenters. The van der Waals surface area contributed by atoms with Crippen molar-refractivity contribution in [3.8, 4) is 0 Å². The molecule has 0 spiro atoms. The number of rotatable bonds is 4. The number of benzene rings is 2. The summed E-state index contributed by atoms with van der Waals surface area (Å²) in [5.74, 6) is 0. The van der Waals surface area contributed by atoms with Gasteiger partial charge in [0.25, 0.3) is 5.69 Å². The Morgan fingerprint density at radius 1 is 1.14 bits per heavy atom. The van der Waals surface area contributed by atoms with Gasteiger partial charge in [0.15, 0.2) is 0 Å². The summed E-state index contributed by atoms with van der Waals surface area (Å²) in [6, 6.07) is 11.4. The molecule has 0 heterocycles. The van der Waals surface area contributed by atoms with Crippen LogP contribution in [0.15, 0.2) is 36.4 Å². The minimum absolute atomic E-state index is 0.144. The minimum Gasteiger partial charge on any atom is -0.324 e. The zero-order valence-corrected chi connectivity index (χ0v) is 12.6. The number of hydrogen-bond donors (Lipinski definition) is 1. The van der Waals surface area contributed by atoms with Crippen molar-refractivity contribution < 1.29 is 4.92 Å². The Morgan fingerprint density at radius 2 is 1.81 bits per heavy atom. The van der Waals surface area contributed by atoms with E-state index in [1.54, 1.807) is 13.0 Å². The summed E-state index contributed by atoms with van der Waals surface area (Å²) < 4.78 is 0. The molecule has 110 valence electrons. The predicted molar refractivity (Wildman–Crippen MR) is 84.4 cm³/mol. The van der Waals surface area contributed by atoms with Crippen molar-refractivity contribution in [3.05, 3.63) is 74.3 Å². The van der Waals surface area contributed by atoms with Crippen LogP contribution in [-0.4, -0.2) is 4.92 Å². The molecule has 0 amide bonds. The molecule has 2 N–H and O–H groups in total. The normalized spacial score (nSPS) is 12.2. The summed E-state index contributed by atoms with van der Waals surface area (Å²) in [5.41, 5.74) is 11.2. The maximum atomic E-state index is 11.1. The predicted octanol–water partition coefficient (Wildman–Crippen LogP) is 3.76. The fourth-order valence-corrected chi connectivity index (χ4v) is 2.47. The van der Waals surface area contributed by atoms with Crippen LogP contribution in [-0.2, 0) is 6.42 Å². The second-order valence-electron chi connectivity index (χ2n) is 5.48. The highest BCUT2D eigenvalue weighted by Crippen LogP contribution is 2.27. The molecule has 0 saturated carbocycles. The van der Waals surface area contributed by atoms with Crippen molar-refractivity contribution in [2.75, 3.05) is 0 Å². The van der Waals surface area contributed by atoms with E-state index in [2.05, 4.69) is 0 Å². The van der Waals surface area contributed by atoms with E-state index in [1.807, 2.05) is 44.2 Å². The number of nitrogens with two attached hydrogens (primary N) is 1. The number of aryl methyl sites for hydroxylation is 2. The molecule has 2 aromatic rings. The lowest BCUT2D eigenvalue weighted by atomic mass is 9.94. The van der Waals surface area contributed by atoms with Crippen molar-refractivity contribution >= 4 is 5.69 Å². The number of nitrogens with zero attached hydrogens (tertiary/aromatic N) is 1. The monoisotopic (exact) mass is 284 g/mol. The van der Waals surface area contributed by atoms with Crippen LogP contribution in [0.2, 0.25) is 0 Å². The first-order valence-electron chi connectivity index (χ1n) is 6.95. The number of nitro groups is 1. The van der Waals surface area contributed by atoms with Crippen LogP contribution in [0.4, 0.5) is 5.69 Å². The molecule has 0 aliphatic rings. The van der Waals surface area contributed by atoms with Crippen molar-refractivity contribution in [3.63, 3.8) is 0 Å². The molecule has 4 heteroatoms. The van der Waals surface area contributed by atoms with Crippen molar-refractivity contribution in [1.29, 1.82) is 0 Å². The fraction of sp³-hybridized carbons (Fsp3) is 0.294. The maximum Gasteiger partial charge on any atom is 0.272 e. The van der Waals surface area contributed by atoms with Gasteiger partial charge >= 0.3 is 0 Å². The van der Waals surface area contributed by atoms with E-state index in [0.29, 0.717) is 12.0 Å². The summed E-state index contributed by atoms with van der Waals surface area (Å²) in [4.78, 5) is 10.8. The molecule has 2 rings (SSSR count). The SMILES string of the molecule is Cc1ccccc1CC(N)c1cc(C)c(C)c([N+](=O)[O-])c1. The van der Waals surface area contributed by atoms with Gasteiger partial charge in [-0.05, 0) is 49.4 Å². The Kier molecular flexibility index (Phi) is 4.38. The third-order valence-corrected chi connectivity index (χ3v) is 3.99. The molecule has 0 radical (unpaired) electrons. The molecule has 0 bridgehead atoms. The van der Waals surface area contributed by atoms with Crippen LogP contribution in [0.5, 0.6) is 0 Å². The molecule has 2 aromatic carbocycles. The summed E-state index contributed by atoms with van der Waals surface area (Å²) in [5, 5.41) is 11.1. The lowest BCUT2D eigenvalue weighted by Crippen LogP contribution is -2.15. The number of hydrogen-bond acceptors (Lipinski definition) is 3.